The molecule has 16 heavy (non-hydrogen) atoms. The van der Waals surface area contributed by atoms with E-state index >= 15 is 0 Å². The summed E-state index contributed by atoms with van der Waals surface area (Å²) in [7, 11) is 1.57. The number of rotatable bonds is 2. The van der Waals surface area contributed by atoms with E-state index in [2.05, 4.69) is 10.3 Å². The number of nitrogens with zero attached hydrogens (tertiary/aromatic N) is 3. The highest BCUT2D eigenvalue weighted by atomic mass is 16.4. The monoisotopic (exact) mass is 217 g/mol. The number of carbonyl (C=O) groups is 1. The van der Waals surface area contributed by atoms with Gasteiger partial charge in [-0.3, -0.25) is 0 Å². The predicted molar refractivity (Wildman–Crippen MR) is 58.1 cm³/mol. The van der Waals surface area contributed by atoms with E-state index in [9.17, 15) is 4.79 Å². The fraction of sp³-hybridized carbons (Fsp3) is 0.182. The largest absolute Gasteiger partial charge is 0.476 e. The Morgan fingerprint density at radius 1 is 1.38 bits per heavy atom. The van der Waals surface area contributed by atoms with Crippen molar-refractivity contribution in [3.8, 4) is 11.3 Å². The van der Waals surface area contributed by atoms with E-state index in [1.165, 1.54) is 4.68 Å². The molecule has 82 valence electrons. The smallest absolute Gasteiger partial charge is 0.356 e. The number of hydrogen-bond acceptors (Lipinski definition) is 3. The molecule has 1 aromatic heterocycles. The van der Waals surface area contributed by atoms with E-state index in [0.29, 0.717) is 5.69 Å². The highest BCUT2D eigenvalue weighted by Crippen LogP contribution is 2.23. The maximum Gasteiger partial charge on any atom is 0.356 e. The minimum absolute atomic E-state index is 0.106. The summed E-state index contributed by atoms with van der Waals surface area (Å²) in [6, 6.07) is 7.50. The van der Waals surface area contributed by atoms with E-state index in [4.69, 9.17) is 5.11 Å². The van der Waals surface area contributed by atoms with Gasteiger partial charge in [0.05, 0.1) is 0 Å². The van der Waals surface area contributed by atoms with E-state index in [1.54, 1.807) is 7.05 Å². The van der Waals surface area contributed by atoms with Crippen LogP contribution in [-0.2, 0) is 7.05 Å². The van der Waals surface area contributed by atoms with Gasteiger partial charge in [0.25, 0.3) is 0 Å². The quantitative estimate of drug-likeness (QED) is 0.827. The molecule has 0 saturated carbocycles. The molecule has 0 amide bonds. The first kappa shape index (κ1) is 10.4. The summed E-state index contributed by atoms with van der Waals surface area (Å²) in [5, 5.41) is 16.7. The van der Waals surface area contributed by atoms with Gasteiger partial charge in [-0.05, 0) is 12.5 Å². The van der Waals surface area contributed by atoms with Crippen molar-refractivity contribution in [2.75, 3.05) is 0 Å². The maximum absolute atomic E-state index is 11.1. The lowest BCUT2D eigenvalue weighted by atomic mass is 10.0. The minimum atomic E-state index is -1.02. The summed E-state index contributed by atoms with van der Waals surface area (Å²) in [6.45, 7) is 1.91. The molecule has 0 bridgehead atoms. The van der Waals surface area contributed by atoms with Crippen LogP contribution in [0.15, 0.2) is 24.3 Å². The molecule has 5 nitrogen and oxygen atoms in total. The summed E-state index contributed by atoms with van der Waals surface area (Å²) >= 11 is 0. The molecule has 0 atom stereocenters. The number of carboxylic acids is 1. The van der Waals surface area contributed by atoms with Gasteiger partial charge in [0.15, 0.2) is 5.69 Å². The Morgan fingerprint density at radius 3 is 2.69 bits per heavy atom. The Bertz CT molecular complexity index is 546. The normalized spacial score (nSPS) is 10.4. The highest BCUT2D eigenvalue weighted by molar-refractivity contribution is 5.93. The molecule has 0 radical (unpaired) electrons. The molecule has 5 heteroatoms. The summed E-state index contributed by atoms with van der Waals surface area (Å²) < 4.78 is 1.27. The van der Waals surface area contributed by atoms with Crippen LogP contribution in [-0.4, -0.2) is 26.1 Å². The minimum Gasteiger partial charge on any atom is -0.476 e. The van der Waals surface area contributed by atoms with Crippen molar-refractivity contribution in [3.63, 3.8) is 0 Å². The zero-order valence-corrected chi connectivity index (χ0v) is 9.01. The number of benzene rings is 1. The second kappa shape index (κ2) is 3.77. The number of aromatic nitrogens is 3. The average molecular weight is 217 g/mol. The Balaban J connectivity index is 2.66. The van der Waals surface area contributed by atoms with Crippen molar-refractivity contribution >= 4 is 5.97 Å². The zero-order valence-electron chi connectivity index (χ0n) is 9.01. The fourth-order valence-electron chi connectivity index (χ4n) is 1.62. The molecular weight excluding hydrogens is 206 g/mol. The van der Waals surface area contributed by atoms with Crippen LogP contribution in [0, 0.1) is 6.92 Å². The molecule has 2 rings (SSSR count). The first-order valence-corrected chi connectivity index (χ1v) is 4.80. The Kier molecular flexibility index (Phi) is 2.44. The standard InChI is InChI=1S/C11H11N3O2/c1-7-5-3-4-6-8(7)9-10(11(15)16)14(2)13-12-9/h3-6H,1-2H3,(H,15,16). The number of carboxylic acid groups (broad SMARTS) is 1. The second-order valence-corrected chi connectivity index (χ2v) is 3.53. The number of hydrogen-bond donors (Lipinski definition) is 1. The molecule has 1 N–H and O–H groups in total. The maximum atomic E-state index is 11.1. The third kappa shape index (κ3) is 1.56. The molecule has 0 aliphatic carbocycles. The zero-order chi connectivity index (χ0) is 11.7. The van der Waals surface area contributed by atoms with Gasteiger partial charge in [-0.2, -0.15) is 0 Å². The van der Waals surface area contributed by atoms with Crippen molar-refractivity contribution in [1.82, 2.24) is 15.0 Å². The topological polar surface area (TPSA) is 68.0 Å². The van der Waals surface area contributed by atoms with Gasteiger partial charge in [0.1, 0.15) is 5.69 Å². The number of aryl methyl sites for hydroxylation is 2. The SMILES string of the molecule is Cc1ccccc1-c1nnn(C)c1C(=O)O. The van der Waals surface area contributed by atoms with Gasteiger partial charge in [-0.25, -0.2) is 9.48 Å². The van der Waals surface area contributed by atoms with E-state index in [0.717, 1.165) is 11.1 Å². The van der Waals surface area contributed by atoms with Crippen molar-refractivity contribution in [1.29, 1.82) is 0 Å². The van der Waals surface area contributed by atoms with Crippen LogP contribution in [0.1, 0.15) is 16.1 Å². The van der Waals surface area contributed by atoms with Crippen LogP contribution in [0.3, 0.4) is 0 Å². The fourth-order valence-corrected chi connectivity index (χ4v) is 1.62. The van der Waals surface area contributed by atoms with Gasteiger partial charge < -0.3 is 5.11 Å². The van der Waals surface area contributed by atoms with Gasteiger partial charge in [-0.15, -0.1) is 5.10 Å². The van der Waals surface area contributed by atoms with Crippen molar-refractivity contribution in [2.24, 2.45) is 7.05 Å². The van der Waals surface area contributed by atoms with Crippen molar-refractivity contribution in [3.05, 3.63) is 35.5 Å². The molecule has 1 heterocycles. The lowest BCUT2D eigenvalue weighted by molar-refractivity contribution is 0.0686. The Morgan fingerprint density at radius 2 is 2.06 bits per heavy atom. The molecule has 0 aliphatic heterocycles. The van der Waals surface area contributed by atoms with Crippen LogP contribution >= 0.6 is 0 Å². The van der Waals surface area contributed by atoms with Gasteiger partial charge in [0, 0.05) is 12.6 Å². The van der Waals surface area contributed by atoms with Gasteiger partial charge in [0.2, 0.25) is 0 Å². The average Bonchev–Trinajstić information content (AvgIpc) is 2.61. The first-order valence-electron chi connectivity index (χ1n) is 4.80. The molecule has 0 aliphatic rings. The van der Waals surface area contributed by atoms with Crippen LogP contribution in [0.4, 0.5) is 0 Å². The van der Waals surface area contributed by atoms with Gasteiger partial charge >= 0.3 is 5.97 Å². The number of aromatic carboxylic acids is 1. The second-order valence-electron chi connectivity index (χ2n) is 3.53. The summed E-state index contributed by atoms with van der Waals surface area (Å²) in [5.74, 6) is -1.02. The Hall–Kier alpha value is -2.17. The van der Waals surface area contributed by atoms with Crippen LogP contribution in [0.2, 0.25) is 0 Å². The molecule has 0 fully saturated rings. The first-order chi connectivity index (χ1) is 7.61. The third-order valence-corrected chi connectivity index (χ3v) is 2.43. The highest BCUT2D eigenvalue weighted by Gasteiger charge is 2.19. The molecule has 0 spiro atoms. The predicted octanol–water partition coefficient (Wildman–Crippen LogP) is 1.49. The van der Waals surface area contributed by atoms with E-state index in [-0.39, 0.29) is 5.69 Å². The van der Waals surface area contributed by atoms with Crippen LogP contribution in [0.25, 0.3) is 11.3 Å². The van der Waals surface area contributed by atoms with Crippen molar-refractivity contribution < 1.29 is 9.90 Å². The lowest BCUT2D eigenvalue weighted by Crippen LogP contribution is -2.06. The molecule has 0 unspecified atom stereocenters. The molecule has 0 saturated heterocycles. The van der Waals surface area contributed by atoms with Crippen LogP contribution in [0.5, 0.6) is 0 Å². The molecule has 2 aromatic rings. The molecular formula is C11H11N3O2. The summed E-state index contributed by atoms with van der Waals surface area (Å²) in [5.41, 5.74) is 2.29. The summed E-state index contributed by atoms with van der Waals surface area (Å²) in [4.78, 5) is 11.1. The summed E-state index contributed by atoms with van der Waals surface area (Å²) in [6.07, 6.45) is 0. The van der Waals surface area contributed by atoms with Crippen molar-refractivity contribution in [2.45, 2.75) is 6.92 Å². The van der Waals surface area contributed by atoms with E-state index in [1.807, 2.05) is 31.2 Å². The molecule has 1 aromatic carbocycles. The Labute approximate surface area is 92.3 Å². The van der Waals surface area contributed by atoms with Crippen LogP contribution < -0.4 is 0 Å². The van der Waals surface area contributed by atoms with E-state index < -0.39 is 5.97 Å². The van der Waals surface area contributed by atoms with Gasteiger partial charge in [-0.1, -0.05) is 29.5 Å². The lowest BCUT2D eigenvalue weighted by Gasteiger charge is -2.02. The third-order valence-electron chi connectivity index (χ3n) is 2.43.